The number of anilines is 1. The normalized spacial score (nSPS) is 11.3. The number of carbonyl (C=O) groups is 1. The molecule has 1 heterocycles. The van der Waals surface area contributed by atoms with Crippen LogP contribution >= 0.6 is 11.3 Å². The van der Waals surface area contributed by atoms with Crippen LogP contribution in [-0.2, 0) is 4.79 Å². The minimum Gasteiger partial charge on any atom is -0.488 e. The van der Waals surface area contributed by atoms with Crippen LogP contribution in [0, 0.1) is 18.6 Å². The third-order valence-electron chi connectivity index (χ3n) is 4.00. The lowest BCUT2D eigenvalue weighted by Crippen LogP contribution is -2.11. The quantitative estimate of drug-likeness (QED) is 0.407. The van der Waals surface area contributed by atoms with Crippen molar-refractivity contribution in [1.82, 2.24) is 4.98 Å². The summed E-state index contributed by atoms with van der Waals surface area (Å²) in [6.07, 6.45) is 4.52. The second-order valence-electron chi connectivity index (χ2n) is 6.22. The van der Waals surface area contributed by atoms with Crippen molar-refractivity contribution in [2.75, 3.05) is 11.9 Å². The fourth-order valence-electron chi connectivity index (χ4n) is 2.60. The van der Waals surface area contributed by atoms with Crippen LogP contribution < -0.4 is 10.1 Å². The van der Waals surface area contributed by atoms with Crippen LogP contribution in [-0.4, -0.2) is 17.5 Å². The zero-order chi connectivity index (χ0) is 20.1. The molecule has 0 radical (unpaired) electrons. The molecule has 146 valence electrons. The highest BCUT2D eigenvalue weighted by Gasteiger charge is 2.16. The summed E-state index contributed by atoms with van der Waals surface area (Å²) in [6, 6.07) is 7.97. The molecule has 0 aliphatic heterocycles. The number of aromatic nitrogens is 1. The van der Waals surface area contributed by atoms with E-state index < -0.39 is 17.5 Å². The van der Waals surface area contributed by atoms with Crippen LogP contribution in [0.15, 0.2) is 36.4 Å². The second kappa shape index (κ2) is 8.93. The minimum absolute atomic E-state index is 0.0928. The van der Waals surface area contributed by atoms with Gasteiger partial charge in [-0.1, -0.05) is 19.4 Å². The van der Waals surface area contributed by atoms with E-state index in [0.717, 1.165) is 33.3 Å². The number of thiazole rings is 1. The van der Waals surface area contributed by atoms with Gasteiger partial charge in [-0.15, -0.1) is 11.3 Å². The molecule has 1 amide bonds. The average Bonchev–Trinajstić information content (AvgIpc) is 3.04. The highest BCUT2D eigenvalue weighted by atomic mass is 32.1. The molecule has 3 aromatic rings. The topological polar surface area (TPSA) is 51.2 Å². The van der Waals surface area contributed by atoms with Crippen molar-refractivity contribution >= 4 is 39.2 Å². The molecular formula is C21H20F2N2O2S. The van der Waals surface area contributed by atoms with Crippen molar-refractivity contribution in [3.8, 4) is 5.75 Å². The summed E-state index contributed by atoms with van der Waals surface area (Å²) in [7, 11) is 0. The summed E-state index contributed by atoms with van der Waals surface area (Å²) in [4.78, 5) is 16.7. The number of rotatable bonds is 7. The molecule has 0 fully saturated rings. The number of ether oxygens (including phenoxy) is 1. The Morgan fingerprint density at radius 2 is 2.11 bits per heavy atom. The molecule has 0 aliphatic rings. The number of aryl methyl sites for hydroxylation is 1. The molecule has 0 saturated carbocycles. The number of amides is 1. The van der Waals surface area contributed by atoms with Crippen molar-refractivity contribution in [2.45, 2.75) is 26.7 Å². The predicted octanol–water partition coefficient (Wildman–Crippen LogP) is 5.71. The van der Waals surface area contributed by atoms with E-state index in [0.29, 0.717) is 6.42 Å². The van der Waals surface area contributed by atoms with E-state index in [1.165, 1.54) is 12.1 Å². The first-order valence-electron chi connectivity index (χ1n) is 8.95. The molecule has 1 aromatic heterocycles. The van der Waals surface area contributed by atoms with Gasteiger partial charge < -0.3 is 10.1 Å². The van der Waals surface area contributed by atoms with E-state index in [1.807, 2.05) is 32.0 Å². The summed E-state index contributed by atoms with van der Waals surface area (Å²) >= 11 is 1.60. The number of nitrogens with one attached hydrogen (secondary N) is 1. The van der Waals surface area contributed by atoms with E-state index in [1.54, 1.807) is 17.4 Å². The maximum atomic E-state index is 14.1. The predicted molar refractivity (Wildman–Crippen MR) is 109 cm³/mol. The fraction of sp³-hybridized carbons (Fsp3) is 0.238. The standard InChI is InChI=1S/C21H20F2N2O2S/c1-3-4-11-27-21-16(8-7-15(22)20(21)23)25-19(26)10-6-14-5-9-18-17(12-14)24-13(2)28-18/h5-10,12H,3-4,11H2,1-2H3,(H,25,26)/b10-6+. The van der Waals surface area contributed by atoms with E-state index in [9.17, 15) is 13.6 Å². The molecule has 0 saturated heterocycles. The third kappa shape index (κ3) is 4.72. The summed E-state index contributed by atoms with van der Waals surface area (Å²) in [6.45, 7) is 4.14. The van der Waals surface area contributed by atoms with Gasteiger partial charge in [0.05, 0.1) is 27.5 Å². The number of fused-ring (bicyclic) bond motifs is 1. The molecule has 0 bridgehead atoms. The van der Waals surface area contributed by atoms with Gasteiger partial charge in [0.2, 0.25) is 11.7 Å². The number of benzene rings is 2. The number of nitrogens with zero attached hydrogens (tertiary/aromatic N) is 1. The number of halogens is 2. The highest BCUT2D eigenvalue weighted by molar-refractivity contribution is 7.18. The Hall–Kier alpha value is -2.80. The number of unbranched alkanes of at least 4 members (excludes halogenated alkanes) is 1. The minimum atomic E-state index is -1.11. The molecule has 28 heavy (non-hydrogen) atoms. The van der Waals surface area contributed by atoms with Crippen LogP contribution in [0.4, 0.5) is 14.5 Å². The van der Waals surface area contributed by atoms with Crippen LogP contribution in [0.1, 0.15) is 30.3 Å². The van der Waals surface area contributed by atoms with Crippen LogP contribution in [0.3, 0.4) is 0 Å². The van der Waals surface area contributed by atoms with Gasteiger partial charge in [-0.2, -0.15) is 4.39 Å². The maximum absolute atomic E-state index is 14.1. The largest absolute Gasteiger partial charge is 0.488 e. The SMILES string of the molecule is CCCCOc1c(NC(=O)/C=C/c2ccc3sc(C)nc3c2)ccc(F)c1F. The van der Waals surface area contributed by atoms with Gasteiger partial charge >= 0.3 is 0 Å². The Labute approximate surface area is 165 Å². The summed E-state index contributed by atoms with van der Waals surface area (Å²) in [5.74, 6) is -2.88. The van der Waals surface area contributed by atoms with Gasteiger partial charge in [0.25, 0.3) is 0 Å². The molecule has 2 aromatic carbocycles. The van der Waals surface area contributed by atoms with Crippen molar-refractivity contribution < 1.29 is 18.3 Å². The van der Waals surface area contributed by atoms with Gasteiger partial charge in [-0.05, 0) is 49.2 Å². The lowest BCUT2D eigenvalue weighted by Gasteiger charge is -2.12. The molecular weight excluding hydrogens is 382 g/mol. The fourth-order valence-corrected chi connectivity index (χ4v) is 3.41. The second-order valence-corrected chi connectivity index (χ2v) is 7.46. The Bertz CT molecular complexity index is 1030. The highest BCUT2D eigenvalue weighted by Crippen LogP contribution is 2.30. The maximum Gasteiger partial charge on any atom is 0.248 e. The van der Waals surface area contributed by atoms with Crippen molar-refractivity contribution in [3.05, 3.63) is 58.6 Å². The van der Waals surface area contributed by atoms with Crippen molar-refractivity contribution in [2.24, 2.45) is 0 Å². The average molecular weight is 402 g/mol. The summed E-state index contributed by atoms with van der Waals surface area (Å²) in [5, 5.41) is 3.52. The molecule has 0 unspecified atom stereocenters. The van der Waals surface area contributed by atoms with Crippen LogP contribution in [0.5, 0.6) is 5.75 Å². The zero-order valence-electron chi connectivity index (χ0n) is 15.6. The number of hydrogen-bond donors (Lipinski definition) is 1. The molecule has 3 rings (SSSR count). The molecule has 1 N–H and O–H groups in total. The van der Waals surface area contributed by atoms with E-state index in [4.69, 9.17) is 4.74 Å². The van der Waals surface area contributed by atoms with Crippen molar-refractivity contribution in [1.29, 1.82) is 0 Å². The van der Waals surface area contributed by atoms with E-state index >= 15 is 0 Å². The van der Waals surface area contributed by atoms with Gasteiger partial charge in [-0.25, -0.2) is 9.37 Å². The Morgan fingerprint density at radius 3 is 2.89 bits per heavy atom. The van der Waals surface area contributed by atoms with Gasteiger partial charge in [0.15, 0.2) is 11.6 Å². The molecule has 0 atom stereocenters. The van der Waals surface area contributed by atoms with Crippen LogP contribution in [0.2, 0.25) is 0 Å². The first-order chi connectivity index (χ1) is 13.5. The first kappa shape index (κ1) is 19.9. The first-order valence-corrected chi connectivity index (χ1v) is 9.76. The Balaban J connectivity index is 1.74. The van der Waals surface area contributed by atoms with E-state index in [-0.39, 0.29) is 18.0 Å². The summed E-state index contributed by atoms with van der Waals surface area (Å²) in [5.41, 5.74) is 1.78. The van der Waals surface area contributed by atoms with Gasteiger partial charge in [0, 0.05) is 6.08 Å². The van der Waals surface area contributed by atoms with Crippen molar-refractivity contribution in [3.63, 3.8) is 0 Å². The van der Waals surface area contributed by atoms with Gasteiger partial charge in [0.1, 0.15) is 0 Å². The Kier molecular flexibility index (Phi) is 6.36. The van der Waals surface area contributed by atoms with Gasteiger partial charge in [-0.3, -0.25) is 4.79 Å². The zero-order valence-corrected chi connectivity index (χ0v) is 16.4. The molecule has 4 nitrogen and oxygen atoms in total. The molecule has 0 aliphatic carbocycles. The smallest absolute Gasteiger partial charge is 0.248 e. The lowest BCUT2D eigenvalue weighted by molar-refractivity contribution is -0.111. The Morgan fingerprint density at radius 1 is 1.29 bits per heavy atom. The number of carbonyl (C=O) groups excluding carboxylic acids is 1. The van der Waals surface area contributed by atoms with Crippen LogP contribution in [0.25, 0.3) is 16.3 Å². The monoisotopic (exact) mass is 402 g/mol. The number of hydrogen-bond acceptors (Lipinski definition) is 4. The lowest BCUT2D eigenvalue weighted by atomic mass is 10.2. The van der Waals surface area contributed by atoms with E-state index in [2.05, 4.69) is 10.3 Å². The molecule has 7 heteroatoms. The third-order valence-corrected chi connectivity index (χ3v) is 4.95. The molecule has 0 spiro atoms. The summed E-state index contributed by atoms with van der Waals surface area (Å²) < 4.78 is 34.0.